The summed E-state index contributed by atoms with van der Waals surface area (Å²) < 4.78 is 0. The van der Waals surface area contributed by atoms with E-state index in [4.69, 9.17) is 0 Å². The highest BCUT2D eigenvalue weighted by Crippen LogP contribution is 2.25. The molecule has 1 saturated carbocycles. The van der Waals surface area contributed by atoms with Crippen molar-refractivity contribution in [3.05, 3.63) is 35.9 Å². The fraction of sp³-hybridized carbons (Fsp3) is 0.684. The average Bonchev–Trinajstić information content (AvgIpc) is 2.87. The molecule has 1 heterocycles. The first kappa shape index (κ1) is 16.0. The van der Waals surface area contributed by atoms with Gasteiger partial charge in [0, 0.05) is 31.7 Å². The Labute approximate surface area is 134 Å². The number of β-amino-alcohol motifs (C(OH)–C–C–N with tert-alkyl or cyclic N) is 1. The van der Waals surface area contributed by atoms with Crippen molar-refractivity contribution in [3.63, 3.8) is 0 Å². The third-order valence-corrected chi connectivity index (χ3v) is 5.39. The van der Waals surface area contributed by atoms with Gasteiger partial charge >= 0.3 is 0 Å². The highest BCUT2D eigenvalue weighted by Gasteiger charge is 2.31. The summed E-state index contributed by atoms with van der Waals surface area (Å²) >= 11 is 0. The molecule has 2 N–H and O–H groups in total. The van der Waals surface area contributed by atoms with E-state index in [0.717, 1.165) is 32.0 Å². The molecule has 1 aromatic rings. The molecule has 3 rings (SSSR count). The zero-order chi connectivity index (χ0) is 15.4. The van der Waals surface area contributed by atoms with Crippen LogP contribution in [0.4, 0.5) is 0 Å². The molecular formula is C19H30N2O. The van der Waals surface area contributed by atoms with Crippen molar-refractivity contribution in [2.75, 3.05) is 13.1 Å². The molecular weight excluding hydrogens is 272 g/mol. The van der Waals surface area contributed by atoms with E-state index in [0.29, 0.717) is 12.1 Å². The second-order valence-corrected chi connectivity index (χ2v) is 7.32. The van der Waals surface area contributed by atoms with Gasteiger partial charge in [-0.2, -0.15) is 0 Å². The van der Waals surface area contributed by atoms with Crippen LogP contribution in [0.1, 0.15) is 44.6 Å². The van der Waals surface area contributed by atoms with Crippen LogP contribution in [-0.2, 0) is 6.54 Å². The molecule has 2 fully saturated rings. The molecule has 1 aliphatic carbocycles. The molecule has 1 saturated heterocycles. The van der Waals surface area contributed by atoms with Gasteiger partial charge in [0.25, 0.3) is 0 Å². The maximum Gasteiger partial charge on any atom is 0.0682 e. The van der Waals surface area contributed by atoms with Crippen molar-refractivity contribution < 1.29 is 5.11 Å². The first-order chi connectivity index (χ1) is 10.7. The summed E-state index contributed by atoms with van der Waals surface area (Å²) in [5.41, 5.74) is 1.34. The Kier molecular flexibility index (Phi) is 5.51. The minimum absolute atomic E-state index is 0.165. The van der Waals surface area contributed by atoms with E-state index in [1.54, 1.807) is 0 Å². The molecule has 3 nitrogen and oxygen atoms in total. The minimum atomic E-state index is -0.165. The van der Waals surface area contributed by atoms with Crippen LogP contribution in [0.3, 0.4) is 0 Å². The largest absolute Gasteiger partial charge is 0.392 e. The van der Waals surface area contributed by atoms with Crippen LogP contribution in [0.2, 0.25) is 0 Å². The van der Waals surface area contributed by atoms with Crippen LogP contribution in [0, 0.1) is 5.92 Å². The third kappa shape index (κ3) is 4.31. The lowest BCUT2D eigenvalue weighted by molar-refractivity contribution is 0.172. The molecule has 0 spiro atoms. The normalized spacial score (nSPS) is 33.2. The predicted molar refractivity (Wildman–Crippen MR) is 90.7 cm³/mol. The molecule has 0 aromatic heterocycles. The summed E-state index contributed by atoms with van der Waals surface area (Å²) in [5.74, 6) is 0.904. The van der Waals surface area contributed by atoms with E-state index in [2.05, 4.69) is 47.5 Å². The molecule has 2 atom stereocenters. The maximum absolute atomic E-state index is 10.1. The van der Waals surface area contributed by atoms with Gasteiger partial charge < -0.3 is 10.4 Å². The number of benzene rings is 1. The summed E-state index contributed by atoms with van der Waals surface area (Å²) in [6, 6.07) is 11.8. The van der Waals surface area contributed by atoms with Gasteiger partial charge in [0.15, 0.2) is 0 Å². The van der Waals surface area contributed by atoms with Crippen LogP contribution in [0.25, 0.3) is 0 Å². The SMILES string of the molecule is CC1CCC(NC[C@H]2C[C@H](O)CN2Cc2ccccc2)CC1. The molecule has 0 bridgehead atoms. The lowest BCUT2D eigenvalue weighted by Gasteiger charge is -2.30. The molecule has 0 unspecified atom stereocenters. The van der Waals surface area contributed by atoms with Crippen molar-refractivity contribution in [1.82, 2.24) is 10.2 Å². The lowest BCUT2D eigenvalue weighted by atomic mass is 9.87. The summed E-state index contributed by atoms with van der Waals surface area (Å²) in [4.78, 5) is 2.44. The Morgan fingerprint density at radius 1 is 1.14 bits per heavy atom. The predicted octanol–water partition coefficient (Wildman–Crippen LogP) is 2.79. The van der Waals surface area contributed by atoms with E-state index >= 15 is 0 Å². The monoisotopic (exact) mass is 302 g/mol. The zero-order valence-electron chi connectivity index (χ0n) is 13.7. The van der Waals surface area contributed by atoms with Gasteiger partial charge in [-0.3, -0.25) is 4.90 Å². The van der Waals surface area contributed by atoms with Crippen LogP contribution in [0.5, 0.6) is 0 Å². The highest BCUT2D eigenvalue weighted by molar-refractivity contribution is 5.15. The van der Waals surface area contributed by atoms with Gasteiger partial charge in [-0.25, -0.2) is 0 Å². The lowest BCUT2D eigenvalue weighted by Crippen LogP contribution is -2.42. The smallest absolute Gasteiger partial charge is 0.0682 e. The number of likely N-dealkylation sites (tertiary alicyclic amines) is 1. The summed E-state index contributed by atoms with van der Waals surface area (Å²) in [6.07, 6.45) is 6.09. The Hall–Kier alpha value is -0.900. The van der Waals surface area contributed by atoms with Crippen LogP contribution >= 0.6 is 0 Å². The Morgan fingerprint density at radius 2 is 1.86 bits per heavy atom. The Balaban J connectivity index is 1.50. The van der Waals surface area contributed by atoms with E-state index in [9.17, 15) is 5.11 Å². The first-order valence-corrected chi connectivity index (χ1v) is 8.90. The van der Waals surface area contributed by atoms with Crippen molar-refractivity contribution in [2.45, 2.75) is 63.8 Å². The number of nitrogens with zero attached hydrogens (tertiary/aromatic N) is 1. The molecule has 2 aliphatic rings. The summed E-state index contributed by atoms with van der Waals surface area (Å²) in [6.45, 7) is 5.14. The highest BCUT2D eigenvalue weighted by atomic mass is 16.3. The fourth-order valence-electron chi connectivity index (χ4n) is 3.95. The van der Waals surface area contributed by atoms with Gasteiger partial charge in [-0.1, -0.05) is 37.3 Å². The van der Waals surface area contributed by atoms with Gasteiger partial charge in [-0.05, 0) is 43.6 Å². The summed E-state index contributed by atoms with van der Waals surface area (Å²) in [5, 5.41) is 13.8. The number of hydrogen-bond acceptors (Lipinski definition) is 3. The molecule has 1 aliphatic heterocycles. The van der Waals surface area contributed by atoms with E-state index in [-0.39, 0.29) is 6.10 Å². The second kappa shape index (κ2) is 7.58. The molecule has 22 heavy (non-hydrogen) atoms. The number of aliphatic hydroxyl groups is 1. The number of aliphatic hydroxyl groups excluding tert-OH is 1. The summed E-state index contributed by atoms with van der Waals surface area (Å²) in [7, 11) is 0. The number of rotatable bonds is 5. The quantitative estimate of drug-likeness (QED) is 0.878. The fourth-order valence-corrected chi connectivity index (χ4v) is 3.95. The van der Waals surface area contributed by atoms with Crippen molar-refractivity contribution in [2.24, 2.45) is 5.92 Å². The third-order valence-electron chi connectivity index (χ3n) is 5.39. The molecule has 0 amide bonds. The molecule has 1 aromatic carbocycles. The molecule has 3 heteroatoms. The van der Waals surface area contributed by atoms with Gasteiger partial charge in [0.05, 0.1) is 6.10 Å². The topological polar surface area (TPSA) is 35.5 Å². The molecule has 0 radical (unpaired) electrons. The molecule has 122 valence electrons. The van der Waals surface area contributed by atoms with Gasteiger partial charge in [-0.15, -0.1) is 0 Å². The van der Waals surface area contributed by atoms with Crippen LogP contribution in [0.15, 0.2) is 30.3 Å². The second-order valence-electron chi connectivity index (χ2n) is 7.32. The maximum atomic E-state index is 10.1. The van der Waals surface area contributed by atoms with E-state index in [1.807, 2.05) is 0 Å². The van der Waals surface area contributed by atoms with Gasteiger partial charge in [0.2, 0.25) is 0 Å². The van der Waals surface area contributed by atoms with Crippen LogP contribution in [-0.4, -0.2) is 41.3 Å². The van der Waals surface area contributed by atoms with E-state index in [1.165, 1.54) is 31.2 Å². The number of hydrogen-bond donors (Lipinski definition) is 2. The number of nitrogens with one attached hydrogen (secondary N) is 1. The van der Waals surface area contributed by atoms with E-state index < -0.39 is 0 Å². The van der Waals surface area contributed by atoms with Crippen molar-refractivity contribution in [3.8, 4) is 0 Å². The van der Waals surface area contributed by atoms with Gasteiger partial charge in [0.1, 0.15) is 0 Å². The first-order valence-electron chi connectivity index (χ1n) is 8.90. The standard InChI is InChI=1S/C19H30N2O/c1-15-7-9-17(10-8-15)20-12-18-11-19(22)14-21(18)13-16-5-3-2-4-6-16/h2-6,15,17-20,22H,7-14H2,1H3/t15?,17?,18-,19+/m1/s1. The van der Waals surface area contributed by atoms with Crippen LogP contribution < -0.4 is 5.32 Å². The average molecular weight is 302 g/mol. The Bertz CT molecular complexity index is 442. The Morgan fingerprint density at radius 3 is 2.59 bits per heavy atom. The van der Waals surface area contributed by atoms with Crippen molar-refractivity contribution >= 4 is 0 Å². The minimum Gasteiger partial charge on any atom is -0.392 e. The zero-order valence-corrected chi connectivity index (χ0v) is 13.7. The van der Waals surface area contributed by atoms with Crippen molar-refractivity contribution in [1.29, 1.82) is 0 Å².